The fraction of sp³-hybridized carbons (Fsp3) is 0. The minimum absolute atomic E-state index is 0.285. The van der Waals surface area contributed by atoms with Gasteiger partial charge >= 0.3 is 0 Å². The molecule has 0 radical (unpaired) electrons. The highest BCUT2D eigenvalue weighted by Crippen LogP contribution is 2.20. The Balaban J connectivity index is 2.28. The van der Waals surface area contributed by atoms with Crippen LogP contribution in [0.2, 0.25) is 0 Å². The highest BCUT2D eigenvalue weighted by molar-refractivity contribution is 6.38. The lowest BCUT2D eigenvalue weighted by Crippen LogP contribution is -2.09. The van der Waals surface area contributed by atoms with Crippen molar-refractivity contribution in [3.63, 3.8) is 0 Å². The van der Waals surface area contributed by atoms with E-state index < -0.39 is 0 Å². The van der Waals surface area contributed by atoms with Crippen molar-refractivity contribution in [2.75, 3.05) is 0 Å². The topological polar surface area (TPSA) is 38.7 Å². The van der Waals surface area contributed by atoms with Crippen LogP contribution in [-0.2, 0) is 0 Å². The molecule has 0 fully saturated rings. The predicted octanol–water partition coefficient (Wildman–Crippen LogP) is 1.09. The molecule has 86 valence electrons. The van der Waals surface area contributed by atoms with E-state index in [-0.39, 0.29) is 5.82 Å². The van der Waals surface area contributed by atoms with Crippen molar-refractivity contribution in [2.24, 2.45) is 0 Å². The second-order valence-corrected chi connectivity index (χ2v) is 4.03. The van der Waals surface area contributed by atoms with E-state index in [4.69, 9.17) is 0 Å². The van der Waals surface area contributed by atoms with Gasteiger partial charge in [-0.25, -0.2) is 14.4 Å². The molecule has 0 bridgehead atoms. The van der Waals surface area contributed by atoms with Gasteiger partial charge in [0.2, 0.25) is 0 Å². The first-order chi connectivity index (χ1) is 8.75. The molecule has 0 aliphatic heterocycles. The maximum atomic E-state index is 13.7. The number of pyridine rings is 1. The molecule has 18 heavy (non-hydrogen) atoms. The van der Waals surface area contributed by atoms with E-state index >= 15 is 0 Å². The number of benzene rings is 1. The van der Waals surface area contributed by atoms with Gasteiger partial charge in [-0.15, -0.1) is 0 Å². The minimum Gasteiger partial charge on any atom is -0.252 e. The van der Waals surface area contributed by atoms with Gasteiger partial charge < -0.3 is 0 Å². The zero-order valence-corrected chi connectivity index (χ0v) is 9.76. The standard InChI is InChI=1S/C13H9BFN3/c14-9-7-11(8-3-1-2-4-10(8)15)18-13-12(9)16-5-6-17-13/h1-7H,14H2. The monoisotopic (exact) mass is 237 g/mol. The molecular formula is C13H9BFN3. The van der Waals surface area contributed by atoms with Crippen LogP contribution >= 0.6 is 0 Å². The van der Waals surface area contributed by atoms with Crippen molar-refractivity contribution in [3.8, 4) is 11.3 Å². The number of hydrogen-bond acceptors (Lipinski definition) is 3. The van der Waals surface area contributed by atoms with Gasteiger partial charge in [0.1, 0.15) is 19.2 Å². The predicted molar refractivity (Wildman–Crippen MR) is 70.9 cm³/mol. The summed E-state index contributed by atoms with van der Waals surface area (Å²) in [5.41, 5.74) is 3.28. The minimum atomic E-state index is -0.285. The fourth-order valence-electron chi connectivity index (χ4n) is 1.92. The third kappa shape index (κ3) is 1.74. The highest BCUT2D eigenvalue weighted by atomic mass is 19.1. The summed E-state index contributed by atoms with van der Waals surface area (Å²) in [6, 6.07) is 8.41. The molecule has 3 aromatic rings. The summed E-state index contributed by atoms with van der Waals surface area (Å²) in [5, 5.41) is 0. The third-order valence-electron chi connectivity index (χ3n) is 2.78. The van der Waals surface area contributed by atoms with E-state index in [0.29, 0.717) is 16.9 Å². The van der Waals surface area contributed by atoms with Gasteiger partial charge in [-0.1, -0.05) is 17.6 Å². The number of hydrogen-bond donors (Lipinski definition) is 0. The first-order valence-corrected chi connectivity index (χ1v) is 5.59. The Bertz CT molecular complexity index is 730. The molecule has 0 amide bonds. The van der Waals surface area contributed by atoms with E-state index in [9.17, 15) is 4.39 Å². The molecule has 0 unspecified atom stereocenters. The molecule has 0 saturated carbocycles. The summed E-state index contributed by atoms with van der Waals surface area (Å²) in [7, 11) is 1.92. The van der Waals surface area contributed by atoms with Crippen molar-refractivity contribution < 1.29 is 4.39 Å². The van der Waals surface area contributed by atoms with Crippen LogP contribution in [0.5, 0.6) is 0 Å². The normalized spacial score (nSPS) is 10.7. The molecule has 2 heterocycles. The molecule has 3 rings (SSSR count). The summed E-state index contributed by atoms with van der Waals surface area (Å²) in [5.74, 6) is -0.285. The Labute approximate surface area is 104 Å². The first kappa shape index (κ1) is 10.8. The Morgan fingerprint density at radius 1 is 1.06 bits per heavy atom. The third-order valence-corrected chi connectivity index (χ3v) is 2.78. The van der Waals surface area contributed by atoms with E-state index in [1.54, 1.807) is 30.6 Å². The lowest BCUT2D eigenvalue weighted by Gasteiger charge is -2.06. The molecular weight excluding hydrogens is 228 g/mol. The maximum absolute atomic E-state index is 13.7. The van der Waals surface area contributed by atoms with Crippen LogP contribution in [-0.4, -0.2) is 22.8 Å². The number of aromatic nitrogens is 3. The van der Waals surface area contributed by atoms with Gasteiger partial charge in [-0.3, -0.25) is 4.98 Å². The molecule has 3 nitrogen and oxygen atoms in total. The SMILES string of the molecule is Bc1cc(-c2ccccc2F)nc2nccnc12. The Morgan fingerprint density at radius 3 is 2.67 bits per heavy atom. The summed E-state index contributed by atoms with van der Waals surface area (Å²) < 4.78 is 13.7. The Kier molecular flexibility index (Phi) is 2.52. The van der Waals surface area contributed by atoms with Crippen molar-refractivity contribution in [2.45, 2.75) is 0 Å². The zero-order valence-electron chi connectivity index (χ0n) is 9.76. The summed E-state index contributed by atoms with van der Waals surface area (Å²) in [6.45, 7) is 0. The molecule has 2 aromatic heterocycles. The number of fused-ring (bicyclic) bond motifs is 1. The molecule has 0 N–H and O–H groups in total. The quantitative estimate of drug-likeness (QED) is 0.594. The second-order valence-electron chi connectivity index (χ2n) is 4.03. The van der Waals surface area contributed by atoms with Crippen molar-refractivity contribution in [1.82, 2.24) is 15.0 Å². The lowest BCUT2D eigenvalue weighted by molar-refractivity contribution is 0.631. The molecule has 0 saturated heterocycles. The van der Waals surface area contributed by atoms with E-state index in [0.717, 1.165) is 11.0 Å². The Hall–Kier alpha value is -2.30. The zero-order chi connectivity index (χ0) is 12.5. The smallest absolute Gasteiger partial charge is 0.178 e. The van der Waals surface area contributed by atoms with Crippen LogP contribution < -0.4 is 5.46 Å². The molecule has 0 spiro atoms. The fourth-order valence-corrected chi connectivity index (χ4v) is 1.92. The number of rotatable bonds is 1. The highest BCUT2D eigenvalue weighted by Gasteiger charge is 2.09. The largest absolute Gasteiger partial charge is 0.252 e. The van der Waals surface area contributed by atoms with Crippen molar-refractivity contribution in [1.29, 1.82) is 0 Å². The average Bonchev–Trinajstić information content (AvgIpc) is 2.39. The van der Waals surface area contributed by atoms with Gasteiger partial charge in [0.15, 0.2) is 5.65 Å². The molecule has 0 aliphatic carbocycles. The van der Waals surface area contributed by atoms with Crippen LogP contribution in [0.1, 0.15) is 0 Å². The van der Waals surface area contributed by atoms with Gasteiger partial charge in [0.25, 0.3) is 0 Å². The van der Waals surface area contributed by atoms with Crippen LogP contribution in [0.3, 0.4) is 0 Å². The van der Waals surface area contributed by atoms with Gasteiger partial charge in [-0.05, 0) is 18.2 Å². The van der Waals surface area contributed by atoms with Gasteiger partial charge in [0.05, 0.1) is 5.69 Å². The molecule has 0 aliphatic rings. The number of nitrogens with zero attached hydrogens (tertiary/aromatic N) is 3. The van der Waals surface area contributed by atoms with Crippen molar-refractivity contribution >= 4 is 24.5 Å². The average molecular weight is 237 g/mol. The Morgan fingerprint density at radius 2 is 1.83 bits per heavy atom. The van der Waals surface area contributed by atoms with Crippen LogP contribution in [0.4, 0.5) is 4.39 Å². The van der Waals surface area contributed by atoms with Crippen LogP contribution in [0.15, 0.2) is 42.7 Å². The first-order valence-electron chi connectivity index (χ1n) is 5.59. The van der Waals surface area contributed by atoms with Crippen molar-refractivity contribution in [3.05, 3.63) is 48.5 Å². The van der Waals surface area contributed by atoms with E-state index in [2.05, 4.69) is 15.0 Å². The summed E-state index contributed by atoms with van der Waals surface area (Å²) in [4.78, 5) is 12.7. The molecule has 5 heteroatoms. The molecule has 0 atom stereocenters. The van der Waals surface area contributed by atoms with Crippen LogP contribution in [0.25, 0.3) is 22.4 Å². The van der Waals surface area contributed by atoms with E-state index in [1.807, 2.05) is 13.9 Å². The van der Waals surface area contributed by atoms with E-state index in [1.165, 1.54) is 6.07 Å². The second kappa shape index (κ2) is 4.18. The number of halogens is 1. The maximum Gasteiger partial charge on any atom is 0.178 e. The van der Waals surface area contributed by atoms with Crippen LogP contribution in [0, 0.1) is 5.82 Å². The van der Waals surface area contributed by atoms with Gasteiger partial charge in [0, 0.05) is 18.0 Å². The molecule has 1 aromatic carbocycles. The lowest BCUT2D eigenvalue weighted by atomic mass is 9.93. The summed E-state index contributed by atoms with van der Waals surface area (Å²) in [6.07, 6.45) is 3.21. The summed E-state index contributed by atoms with van der Waals surface area (Å²) >= 11 is 0. The van der Waals surface area contributed by atoms with Gasteiger partial charge in [-0.2, -0.15) is 0 Å².